The summed E-state index contributed by atoms with van der Waals surface area (Å²) in [6.07, 6.45) is -11.2. The lowest BCUT2D eigenvalue weighted by atomic mass is 10.1. The van der Waals surface area contributed by atoms with E-state index in [4.69, 9.17) is 9.95 Å². The lowest BCUT2D eigenvalue weighted by Crippen LogP contribution is -2.41. The van der Waals surface area contributed by atoms with Crippen molar-refractivity contribution in [2.24, 2.45) is 5.11 Å². The molecular formula is C17H9F5N5O3+. The Hall–Kier alpha value is -3.99. The van der Waals surface area contributed by atoms with Crippen LogP contribution < -0.4 is 9.65 Å². The van der Waals surface area contributed by atoms with E-state index in [2.05, 4.69) is 25.0 Å². The average molecular weight is 426 g/mol. The van der Waals surface area contributed by atoms with Crippen molar-refractivity contribution >= 4 is 5.91 Å². The maximum absolute atomic E-state index is 12.9. The number of carbonyl (C=O) groups excluding carboxylic acids is 1. The third kappa shape index (κ3) is 4.36. The fourth-order valence-corrected chi connectivity index (χ4v) is 2.19. The number of halogens is 5. The molecule has 2 aromatic carbocycles. The molecule has 8 nitrogen and oxygen atoms in total. The molecule has 0 bridgehead atoms. The molecule has 0 aliphatic rings. The molecule has 1 N–H and O–H groups in total. The normalized spacial score (nSPS) is 11.6. The molecule has 0 aliphatic carbocycles. The zero-order valence-corrected chi connectivity index (χ0v) is 14.5. The number of carbonyl (C=O) groups is 1. The van der Waals surface area contributed by atoms with Gasteiger partial charge in [0.2, 0.25) is 21.8 Å². The van der Waals surface area contributed by atoms with E-state index in [0.717, 1.165) is 12.1 Å². The summed E-state index contributed by atoms with van der Waals surface area (Å²) >= 11 is 0. The molecule has 1 aromatic heterocycles. The van der Waals surface area contributed by atoms with Gasteiger partial charge in [0, 0.05) is 16.7 Å². The summed E-state index contributed by atoms with van der Waals surface area (Å²) in [6, 6.07) is 9.94. The zero-order valence-electron chi connectivity index (χ0n) is 14.5. The fourth-order valence-electron chi connectivity index (χ4n) is 2.19. The number of rotatable bonds is 5. The van der Waals surface area contributed by atoms with Crippen LogP contribution in [0.2, 0.25) is 0 Å². The van der Waals surface area contributed by atoms with Gasteiger partial charge < -0.3 is 9.15 Å². The molecule has 3 rings (SSSR count). The van der Waals surface area contributed by atoms with E-state index in [9.17, 15) is 26.7 Å². The summed E-state index contributed by atoms with van der Waals surface area (Å²) in [5, 5.41) is 10.7. The van der Waals surface area contributed by atoms with Crippen LogP contribution in [0.3, 0.4) is 0 Å². The summed E-state index contributed by atoms with van der Waals surface area (Å²) in [4.78, 5) is 14.1. The maximum atomic E-state index is 12.9. The predicted molar refractivity (Wildman–Crippen MR) is 88.4 cm³/mol. The number of alkyl halides is 5. The van der Waals surface area contributed by atoms with Gasteiger partial charge in [-0.1, -0.05) is 0 Å². The van der Waals surface area contributed by atoms with E-state index in [-0.39, 0.29) is 22.9 Å². The molecule has 0 atom stereocenters. The molecule has 1 amide bonds. The van der Waals surface area contributed by atoms with Crippen molar-refractivity contribution in [2.45, 2.75) is 12.3 Å². The lowest BCUT2D eigenvalue weighted by Gasteiger charge is -2.20. The second-order valence-corrected chi connectivity index (χ2v) is 5.64. The predicted octanol–water partition coefficient (Wildman–Crippen LogP) is 4.63. The molecule has 3 aromatic rings. The molecule has 13 heteroatoms. The molecule has 0 saturated heterocycles. The third-order valence-electron chi connectivity index (χ3n) is 3.62. The van der Waals surface area contributed by atoms with E-state index < -0.39 is 23.9 Å². The standard InChI is InChI=1S/C17H9F5N5O3/c18-16(19,20)17(21,22)30-12-7-5-11(6-8-12)15-26-25-14(29-15)10-3-1-9(2-4-10)13(28)24-27-23/h1-8,23H/q+1. The minimum absolute atomic E-state index is 0.0257. The van der Waals surface area contributed by atoms with Gasteiger partial charge in [0.15, 0.2) is 0 Å². The zero-order chi connectivity index (χ0) is 21.9. The summed E-state index contributed by atoms with van der Waals surface area (Å²) in [5.74, 6) is -1.37. The number of benzene rings is 2. The maximum Gasteiger partial charge on any atom is 0.499 e. The van der Waals surface area contributed by atoms with Gasteiger partial charge in [-0.15, -0.1) is 10.2 Å². The quantitative estimate of drug-likeness (QED) is 0.363. The summed E-state index contributed by atoms with van der Waals surface area (Å²) in [6.45, 7) is 0. The highest BCUT2D eigenvalue weighted by atomic mass is 19.4. The Kier molecular flexibility index (Phi) is 5.39. The number of nitrogens with zero attached hydrogens (tertiary/aromatic N) is 4. The summed E-state index contributed by atoms with van der Waals surface area (Å²) < 4.78 is 71.6. The van der Waals surface area contributed by atoms with Crippen molar-refractivity contribution in [1.82, 2.24) is 15.1 Å². The second kappa shape index (κ2) is 7.79. The Morgan fingerprint density at radius 3 is 1.90 bits per heavy atom. The van der Waals surface area contributed by atoms with Gasteiger partial charge in [0.25, 0.3) is 0 Å². The number of amides is 1. The fraction of sp³-hybridized carbons (Fsp3) is 0.118. The van der Waals surface area contributed by atoms with E-state index in [0.29, 0.717) is 5.56 Å². The third-order valence-corrected chi connectivity index (χ3v) is 3.62. The van der Waals surface area contributed by atoms with E-state index in [1.54, 1.807) is 0 Å². The Morgan fingerprint density at radius 1 is 0.933 bits per heavy atom. The first-order valence-electron chi connectivity index (χ1n) is 7.90. The van der Waals surface area contributed by atoms with Crippen LogP contribution in [0.1, 0.15) is 10.4 Å². The summed E-state index contributed by atoms with van der Waals surface area (Å²) in [7, 11) is 0. The van der Waals surface area contributed by atoms with Gasteiger partial charge in [-0.3, -0.25) is 4.79 Å². The van der Waals surface area contributed by atoms with Crippen LogP contribution in [-0.4, -0.2) is 28.4 Å². The Morgan fingerprint density at radius 2 is 1.43 bits per heavy atom. The molecule has 0 unspecified atom stereocenters. The molecule has 1 heterocycles. The average Bonchev–Trinajstić information content (AvgIpc) is 3.18. The largest absolute Gasteiger partial charge is 0.499 e. The molecule has 0 radical (unpaired) electrons. The Balaban J connectivity index is 1.76. The van der Waals surface area contributed by atoms with Gasteiger partial charge in [-0.2, -0.15) is 22.0 Å². The molecular weight excluding hydrogens is 417 g/mol. The number of hydrogen-bond acceptors (Lipinski definition) is 6. The Bertz CT molecular complexity index is 1100. The minimum Gasteiger partial charge on any atom is -0.426 e. The molecule has 0 fully saturated rings. The first kappa shape index (κ1) is 20.7. The smallest absolute Gasteiger partial charge is 0.426 e. The second-order valence-electron chi connectivity index (χ2n) is 5.64. The number of hydrogen-bond donors (Lipinski definition) is 1. The highest BCUT2D eigenvalue weighted by molar-refractivity contribution is 5.94. The SMILES string of the molecule is N=[N+]=NC(=O)c1ccc(-c2nnc(-c3ccc(OC(F)(F)C(F)(F)F)cc3)o2)cc1. The van der Waals surface area contributed by atoms with Crippen molar-refractivity contribution in [3.05, 3.63) is 54.1 Å². The van der Waals surface area contributed by atoms with Crippen molar-refractivity contribution in [2.75, 3.05) is 0 Å². The van der Waals surface area contributed by atoms with Gasteiger partial charge in [0.1, 0.15) is 11.3 Å². The van der Waals surface area contributed by atoms with Gasteiger partial charge in [-0.05, 0) is 48.5 Å². The summed E-state index contributed by atoms with van der Waals surface area (Å²) in [5.41, 5.74) is 7.41. The number of nitrogens with one attached hydrogen (secondary N) is 1. The van der Waals surface area contributed by atoms with Crippen molar-refractivity contribution in [1.29, 1.82) is 5.53 Å². The monoisotopic (exact) mass is 426 g/mol. The van der Waals surface area contributed by atoms with Crippen LogP contribution in [-0.2, 0) is 0 Å². The van der Waals surface area contributed by atoms with Crippen LogP contribution in [0, 0.1) is 5.53 Å². The Labute approximate surface area is 163 Å². The van der Waals surface area contributed by atoms with E-state index in [1.165, 1.54) is 36.4 Å². The minimum atomic E-state index is -5.85. The molecule has 0 aliphatic heterocycles. The van der Waals surface area contributed by atoms with Crippen molar-refractivity contribution < 1.29 is 35.9 Å². The highest BCUT2D eigenvalue weighted by Gasteiger charge is 2.61. The molecule has 30 heavy (non-hydrogen) atoms. The molecule has 154 valence electrons. The highest BCUT2D eigenvalue weighted by Crippen LogP contribution is 2.37. The van der Waals surface area contributed by atoms with Gasteiger partial charge in [0.05, 0.1) is 0 Å². The topological polar surface area (TPSA) is 116 Å². The van der Waals surface area contributed by atoms with Gasteiger partial charge >= 0.3 is 18.2 Å². The van der Waals surface area contributed by atoms with E-state index >= 15 is 0 Å². The van der Waals surface area contributed by atoms with Crippen LogP contribution >= 0.6 is 0 Å². The number of ether oxygens (including phenoxy) is 1. The van der Waals surface area contributed by atoms with Crippen molar-refractivity contribution in [3.8, 4) is 28.7 Å². The van der Waals surface area contributed by atoms with Crippen LogP contribution in [0.5, 0.6) is 5.75 Å². The van der Waals surface area contributed by atoms with Crippen LogP contribution in [0.4, 0.5) is 22.0 Å². The first-order chi connectivity index (χ1) is 14.1. The first-order valence-corrected chi connectivity index (χ1v) is 7.90. The van der Waals surface area contributed by atoms with Crippen molar-refractivity contribution in [3.63, 3.8) is 0 Å². The van der Waals surface area contributed by atoms with Gasteiger partial charge in [-0.25, -0.2) is 0 Å². The number of aromatic nitrogens is 2. The van der Waals surface area contributed by atoms with E-state index in [1.807, 2.05) is 0 Å². The molecule has 0 saturated carbocycles. The van der Waals surface area contributed by atoms with Crippen LogP contribution in [0.15, 0.2) is 58.1 Å². The molecule has 0 spiro atoms. The lowest BCUT2D eigenvalue weighted by molar-refractivity contribution is -0.360. The van der Waals surface area contributed by atoms with Crippen LogP contribution in [0.25, 0.3) is 22.9 Å².